The molecule has 1 heterocycles. The number of rotatable bonds is 6. The van der Waals surface area contributed by atoms with E-state index in [1.54, 1.807) is 30.3 Å². The Kier molecular flexibility index (Phi) is 5.22. The minimum atomic E-state index is -0.749. The average Bonchev–Trinajstić information content (AvgIpc) is 3.08. The average molecular weight is 437 g/mol. The van der Waals surface area contributed by atoms with Gasteiger partial charge in [0.1, 0.15) is 0 Å². The van der Waals surface area contributed by atoms with Crippen LogP contribution in [0.2, 0.25) is 5.02 Å². The topological polar surface area (TPSA) is 112 Å². The van der Waals surface area contributed by atoms with Gasteiger partial charge in [-0.2, -0.15) is 0 Å². The normalized spacial score (nSPS) is 10.9. The number of nitro benzene ring substituents is 1. The number of carbonyl (C=O) groups excluding carboxylic acids is 2. The Balaban J connectivity index is 1.62. The lowest BCUT2D eigenvalue weighted by molar-refractivity contribution is -0.384. The van der Waals surface area contributed by atoms with Gasteiger partial charge in [-0.3, -0.25) is 24.3 Å². The Morgan fingerprint density at radius 3 is 2.19 bits per heavy atom. The summed E-state index contributed by atoms with van der Waals surface area (Å²) in [7, 11) is 0. The van der Waals surface area contributed by atoms with E-state index in [2.05, 4.69) is 0 Å². The lowest BCUT2D eigenvalue weighted by Gasteiger charge is -2.04. The van der Waals surface area contributed by atoms with Gasteiger partial charge in [0.2, 0.25) is 0 Å². The van der Waals surface area contributed by atoms with Gasteiger partial charge in [-0.05, 0) is 54.6 Å². The number of hydrogen-bond acceptors (Lipinski definition) is 6. The molecule has 0 N–H and O–H groups in total. The van der Waals surface area contributed by atoms with Crippen LogP contribution in [0.1, 0.15) is 26.3 Å². The van der Waals surface area contributed by atoms with Crippen molar-refractivity contribution in [2.45, 2.75) is 6.54 Å². The van der Waals surface area contributed by atoms with Crippen LogP contribution in [0, 0.1) is 10.1 Å². The van der Waals surface area contributed by atoms with Crippen LogP contribution >= 0.6 is 11.6 Å². The minimum Gasteiger partial charge on any atom is -0.408 e. The van der Waals surface area contributed by atoms with Crippen molar-refractivity contribution in [3.05, 3.63) is 109 Å². The zero-order chi connectivity index (χ0) is 22.1. The summed E-state index contributed by atoms with van der Waals surface area (Å²) in [4.78, 5) is 47.7. The van der Waals surface area contributed by atoms with E-state index in [0.717, 1.165) is 4.57 Å². The second-order valence-corrected chi connectivity index (χ2v) is 7.14. The number of oxazole rings is 1. The van der Waals surface area contributed by atoms with Gasteiger partial charge in [-0.25, -0.2) is 4.79 Å². The van der Waals surface area contributed by atoms with E-state index in [1.807, 2.05) is 0 Å². The monoisotopic (exact) mass is 436 g/mol. The first-order valence-corrected chi connectivity index (χ1v) is 9.42. The van der Waals surface area contributed by atoms with E-state index >= 15 is 0 Å². The van der Waals surface area contributed by atoms with Crippen LogP contribution in [0.25, 0.3) is 11.1 Å². The number of non-ortho nitro benzene ring substituents is 1. The third kappa shape index (κ3) is 4.01. The summed E-state index contributed by atoms with van der Waals surface area (Å²) in [5.41, 5.74) is 1.35. The van der Waals surface area contributed by atoms with E-state index in [4.69, 9.17) is 16.0 Å². The summed E-state index contributed by atoms with van der Waals surface area (Å²) in [6.07, 6.45) is 0. The molecule has 0 fully saturated rings. The predicted molar refractivity (Wildman–Crippen MR) is 113 cm³/mol. The summed E-state index contributed by atoms with van der Waals surface area (Å²) < 4.78 is 6.37. The second-order valence-electron chi connectivity index (χ2n) is 6.70. The zero-order valence-electron chi connectivity index (χ0n) is 15.8. The van der Waals surface area contributed by atoms with Crippen LogP contribution in [-0.4, -0.2) is 21.1 Å². The number of nitro groups is 1. The Labute approximate surface area is 179 Å². The highest BCUT2D eigenvalue weighted by Crippen LogP contribution is 2.20. The van der Waals surface area contributed by atoms with Gasteiger partial charge >= 0.3 is 5.76 Å². The molecule has 0 saturated carbocycles. The molecule has 0 aliphatic carbocycles. The minimum absolute atomic E-state index is 0.139. The third-order valence-electron chi connectivity index (χ3n) is 4.74. The fourth-order valence-corrected chi connectivity index (χ4v) is 3.26. The number of fused-ring (bicyclic) bond motifs is 1. The molecule has 0 spiro atoms. The van der Waals surface area contributed by atoms with Crippen LogP contribution in [0.4, 0.5) is 5.69 Å². The molecule has 9 heteroatoms. The Hall–Kier alpha value is -4.04. The summed E-state index contributed by atoms with van der Waals surface area (Å²) >= 11 is 5.85. The number of nitrogens with zero attached hydrogens (tertiary/aromatic N) is 2. The van der Waals surface area contributed by atoms with Crippen molar-refractivity contribution >= 4 is 40.0 Å². The van der Waals surface area contributed by atoms with Crippen LogP contribution in [-0.2, 0) is 6.54 Å². The molecule has 0 amide bonds. The van der Waals surface area contributed by atoms with Gasteiger partial charge in [-0.15, -0.1) is 0 Å². The molecule has 0 aliphatic heterocycles. The summed E-state index contributed by atoms with van der Waals surface area (Å²) in [6.45, 7) is -0.311. The molecule has 0 saturated heterocycles. The SMILES string of the molecule is O=C(Cn1c(=O)oc2cc(C(=O)c3ccc(Cl)cc3)ccc21)c1ccc([N+](=O)[O-])cc1. The van der Waals surface area contributed by atoms with Crippen molar-refractivity contribution in [3.8, 4) is 0 Å². The molecule has 8 nitrogen and oxygen atoms in total. The van der Waals surface area contributed by atoms with Crippen molar-refractivity contribution in [3.63, 3.8) is 0 Å². The number of hydrogen-bond donors (Lipinski definition) is 0. The number of Topliss-reactive ketones (excluding diaryl/α,β-unsaturated/α-hetero) is 1. The molecule has 0 aliphatic rings. The van der Waals surface area contributed by atoms with Gasteiger partial charge < -0.3 is 4.42 Å². The summed E-state index contributed by atoms with van der Waals surface area (Å²) in [5, 5.41) is 11.3. The van der Waals surface area contributed by atoms with Crippen LogP contribution in [0.15, 0.2) is 75.9 Å². The molecule has 0 radical (unpaired) electrons. The van der Waals surface area contributed by atoms with Crippen LogP contribution in [0.5, 0.6) is 0 Å². The van der Waals surface area contributed by atoms with Crippen molar-refractivity contribution in [1.82, 2.24) is 4.57 Å². The molecule has 154 valence electrons. The molecular formula is C22H13ClN2O6. The maximum Gasteiger partial charge on any atom is 0.420 e. The van der Waals surface area contributed by atoms with E-state index in [9.17, 15) is 24.5 Å². The second kappa shape index (κ2) is 8.00. The smallest absolute Gasteiger partial charge is 0.408 e. The van der Waals surface area contributed by atoms with Crippen molar-refractivity contribution in [2.24, 2.45) is 0 Å². The summed E-state index contributed by atoms with van der Waals surface area (Å²) in [5.74, 6) is -1.43. The lowest BCUT2D eigenvalue weighted by Crippen LogP contribution is -2.20. The molecular weight excluding hydrogens is 424 g/mol. The van der Waals surface area contributed by atoms with Crippen molar-refractivity contribution in [2.75, 3.05) is 0 Å². The molecule has 4 aromatic rings. The van der Waals surface area contributed by atoms with E-state index < -0.39 is 16.5 Å². The zero-order valence-corrected chi connectivity index (χ0v) is 16.5. The Morgan fingerprint density at radius 1 is 0.935 bits per heavy atom. The van der Waals surface area contributed by atoms with Gasteiger partial charge in [0, 0.05) is 33.8 Å². The molecule has 31 heavy (non-hydrogen) atoms. The van der Waals surface area contributed by atoms with Crippen molar-refractivity contribution < 1.29 is 18.9 Å². The standard InChI is InChI=1S/C22H13ClN2O6/c23-16-6-1-14(2-7-16)21(27)15-5-10-18-20(11-15)31-22(28)24(18)12-19(26)13-3-8-17(9-4-13)25(29)30/h1-11H,12H2. The quantitative estimate of drug-likeness (QED) is 0.253. The number of halogens is 1. The van der Waals surface area contributed by atoms with E-state index in [0.29, 0.717) is 21.7 Å². The third-order valence-corrected chi connectivity index (χ3v) is 4.99. The first-order valence-electron chi connectivity index (χ1n) is 9.05. The molecule has 1 aromatic heterocycles. The van der Waals surface area contributed by atoms with Gasteiger partial charge in [0.15, 0.2) is 17.1 Å². The Bertz CT molecular complexity index is 1380. The molecule has 0 bridgehead atoms. The van der Waals surface area contributed by atoms with Gasteiger partial charge in [0.05, 0.1) is 17.0 Å². The first-order chi connectivity index (χ1) is 14.8. The fraction of sp³-hybridized carbons (Fsp3) is 0.0455. The molecule has 3 aromatic carbocycles. The van der Waals surface area contributed by atoms with Crippen LogP contribution in [0.3, 0.4) is 0 Å². The van der Waals surface area contributed by atoms with Gasteiger partial charge in [-0.1, -0.05) is 11.6 Å². The van der Waals surface area contributed by atoms with Crippen LogP contribution < -0.4 is 5.76 Å². The number of aromatic nitrogens is 1. The number of benzene rings is 3. The Morgan fingerprint density at radius 2 is 1.55 bits per heavy atom. The van der Waals surface area contributed by atoms with E-state index in [1.165, 1.54) is 36.4 Å². The maximum absolute atomic E-state index is 12.7. The highest BCUT2D eigenvalue weighted by molar-refractivity contribution is 6.30. The van der Waals surface area contributed by atoms with Gasteiger partial charge in [0.25, 0.3) is 5.69 Å². The highest BCUT2D eigenvalue weighted by Gasteiger charge is 2.17. The lowest BCUT2D eigenvalue weighted by atomic mass is 10.0. The van der Waals surface area contributed by atoms with E-state index in [-0.39, 0.29) is 29.2 Å². The predicted octanol–water partition coefficient (Wildman–Crippen LogP) is 4.27. The molecule has 4 rings (SSSR count). The first kappa shape index (κ1) is 20.2. The molecule has 0 atom stereocenters. The highest BCUT2D eigenvalue weighted by atomic mass is 35.5. The molecule has 0 unspecified atom stereocenters. The fourth-order valence-electron chi connectivity index (χ4n) is 3.13. The summed E-state index contributed by atoms with van der Waals surface area (Å²) in [6, 6.07) is 16.0. The number of carbonyl (C=O) groups is 2. The largest absolute Gasteiger partial charge is 0.420 e. The maximum atomic E-state index is 12.7. The number of ketones is 2. The van der Waals surface area contributed by atoms with Crippen molar-refractivity contribution in [1.29, 1.82) is 0 Å².